The Kier molecular flexibility index (Phi) is 7.75. The van der Waals surface area contributed by atoms with Gasteiger partial charge >= 0.3 is 0 Å². The molecule has 162 valence electrons. The van der Waals surface area contributed by atoms with E-state index in [0.717, 1.165) is 18.7 Å². The van der Waals surface area contributed by atoms with E-state index >= 15 is 0 Å². The van der Waals surface area contributed by atoms with Gasteiger partial charge in [0.1, 0.15) is 0 Å². The number of benzene rings is 2. The van der Waals surface area contributed by atoms with E-state index in [0.29, 0.717) is 37.5 Å². The predicted octanol–water partition coefficient (Wildman–Crippen LogP) is 3.38. The van der Waals surface area contributed by atoms with E-state index in [4.69, 9.17) is 11.6 Å². The number of hydrogen-bond acceptors (Lipinski definition) is 4. The maximum absolute atomic E-state index is 12.7. The van der Waals surface area contributed by atoms with Crippen molar-refractivity contribution in [2.75, 3.05) is 38.1 Å². The van der Waals surface area contributed by atoms with Gasteiger partial charge in [0.15, 0.2) is 0 Å². The zero-order valence-electron chi connectivity index (χ0n) is 17.1. The molecule has 0 bridgehead atoms. The average molecular weight is 450 g/mol. The quantitative estimate of drug-likeness (QED) is 0.627. The molecule has 1 heterocycles. The van der Waals surface area contributed by atoms with E-state index < -0.39 is 10.0 Å². The number of carbonyl (C=O) groups is 1. The van der Waals surface area contributed by atoms with Crippen LogP contribution in [0.25, 0.3) is 0 Å². The van der Waals surface area contributed by atoms with E-state index in [-0.39, 0.29) is 16.7 Å². The molecule has 1 aliphatic rings. The molecule has 6 nitrogen and oxygen atoms in total. The molecule has 0 atom stereocenters. The van der Waals surface area contributed by atoms with Gasteiger partial charge in [0.05, 0.1) is 4.90 Å². The summed E-state index contributed by atoms with van der Waals surface area (Å²) in [5.74, 6) is -0.130. The maximum atomic E-state index is 12.7. The summed E-state index contributed by atoms with van der Waals surface area (Å²) in [6.07, 6.45) is 1.91. The second-order valence-corrected chi connectivity index (χ2v) is 9.91. The predicted molar refractivity (Wildman–Crippen MR) is 120 cm³/mol. The molecule has 0 aliphatic carbocycles. The molecular formula is C22H28ClN3O3S. The average Bonchev–Trinajstić information content (AvgIpc) is 2.77. The fourth-order valence-corrected chi connectivity index (χ4v) is 5.19. The van der Waals surface area contributed by atoms with Crippen LogP contribution in [0, 0.1) is 5.92 Å². The molecule has 2 aromatic rings. The molecular weight excluding hydrogens is 422 g/mol. The fraction of sp³-hybridized carbons (Fsp3) is 0.409. The Morgan fingerprint density at radius 2 is 1.73 bits per heavy atom. The SMILES string of the molecule is CN(CCCNC(=O)C1CCN(S(=O)(=O)c2ccc(Cl)cc2)CC1)c1ccccc1. The van der Waals surface area contributed by atoms with Crippen LogP contribution in [0.5, 0.6) is 0 Å². The third-order valence-corrected chi connectivity index (χ3v) is 7.61. The smallest absolute Gasteiger partial charge is 0.243 e. The lowest BCUT2D eigenvalue weighted by molar-refractivity contribution is -0.126. The summed E-state index contributed by atoms with van der Waals surface area (Å²) in [4.78, 5) is 14.9. The first-order chi connectivity index (χ1) is 14.4. The summed E-state index contributed by atoms with van der Waals surface area (Å²) >= 11 is 5.85. The Hall–Kier alpha value is -2.09. The lowest BCUT2D eigenvalue weighted by Crippen LogP contribution is -2.43. The van der Waals surface area contributed by atoms with Gasteiger partial charge in [0, 0.05) is 49.9 Å². The molecule has 0 spiro atoms. The van der Waals surface area contributed by atoms with Crippen molar-refractivity contribution in [2.24, 2.45) is 5.92 Å². The lowest BCUT2D eigenvalue weighted by atomic mass is 9.97. The minimum Gasteiger partial charge on any atom is -0.375 e. The maximum Gasteiger partial charge on any atom is 0.243 e. The van der Waals surface area contributed by atoms with Crippen molar-refractivity contribution in [2.45, 2.75) is 24.2 Å². The van der Waals surface area contributed by atoms with Crippen molar-refractivity contribution in [3.63, 3.8) is 0 Å². The van der Waals surface area contributed by atoms with Crippen LogP contribution in [0.4, 0.5) is 5.69 Å². The number of halogens is 1. The molecule has 1 amide bonds. The lowest BCUT2D eigenvalue weighted by Gasteiger charge is -2.30. The highest BCUT2D eigenvalue weighted by Gasteiger charge is 2.31. The van der Waals surface area contributed by atoms with Crippen LogP contribution >= 0.6 is 11.6 Å². The Morgan fingerprint density at radius 1 is 1.10 bits per heavy atom. The molecule has 0 aromatic heterocycles. The van der Waals surface area contributed by atoms with E-state index in [2.05, 4.69) is 22.3 Å². The van der Waals surface area contributed by atoms with E-state index in [1.807, 2.05) is 25.2 Å². The minimum atomic E-state index is -3.55. The van der Waals surface area contributed by atoms with Crippen LogP contribution in [-0.4, -0.2) is 51.9 Å². The molecule has 0 unspecified atom stereocenters. The van der Waals surface area contributed by atoms with E-state index in [1.54, 1.807) is 12.1 Å². The van der Waals surface area contributed by atoms with Crippen LogP contribution in [0.2, 0.25) is 5.02 Å². The molecule has 1 fully saturated rings. The number of nitrogens with zero attached hydrogens (tertiary/aromatic N) is 2. The number of anilines is 1. The third-order valence-electron chi connectivity index (χ3n) is 5.44. The number of sulfonamides is 1. The fourth-order valence-electron chi connectivity index (χ4n) is 3.60. The molecule has 0 saturated carbocycles. The number of hydrogen-bond donors (Lipinski definition) is 1. The monoisotopic (exact) mass is 449 g/mol. The summed E-state index contributed by atoms with van der Waals surface area (Å²) in [5, 5.41) is 3.50. The van der Waals surface area contributed by atoms with Crippen molar-refractivity contribution in [3.8, 4) is 0 Å². The van der Waals surface area contributed by atoms with Gasteiger partial charge in [-0.1, -0.05) is 29.8 Å². The zero-order chi connectivity index (χ0) is 21.6. The molecule has 30 heavy (non-hydrogen) atoms. The first-order valence-corrected chi connectivity index (χ1v) is 12.0. The van der Waals surface area contributed by atoms with Gasteiger partial charge in [0.25, 0.3) is 0 Å². The topological polar surface area (TPSA) is 69.7 Å². The number of rotatable bonds is 8. The summed E-state index contributed by atoms with van der Waals surface area (Å²) < 4.78 is 26.9. The summed E-state index contributed by atoms with van der Waals surface area (Å²) in [6, 6.07) is 16.3. The van der Waals surface area contributed by atoms with Crippen LogP contribution in [-0.2, 0) is 14.8 Å². The van der Waals surface area contributed by atoms with Crippen molar-refractivity contribution in [1.82, 2.24) is 9.62 Å². The summed E-state index contributed by atoms with van der Waals surface area (Å²) in [6.45, 7) is 2.15. The molecule has 0 radical (unpaired) electrons. The number of piperidine rings is 1. The Balaban J connectivity index is 1.41. The number of para-hydroxylation sites is 1. The van der Waals surface area contributed by atoms with Crippen molar-refractivity contribution in [1.29, 1.82) is 0 Å². The second kappa shape index (κ2) is 10.3. The van der Waals surface area contributed by atoms with Gasteiger partial charge in [-0.25, -0.2) is 8.42 Å². The van der Waals surface area contributed by atoms with E-state index in [1.165, 1.54) is 16.4 Å². The van der Waals surface area contributed by atoms with Gasteiger partial charge in [0.2, 0.25) is 15.9 Å². The highest BCUT2D eigenvalue weighted by atomic mass is 35.5. The van der Waals surface area contributed by atoms with Gasteiger partial charge < -0.3 is 10.2 Å². The van der Waals surface area contributed by atoms with Crippen LogP contribution in [0.1, 0.15) is 19.3 Å². The van der Waals surface area contributed by atoms with Gasteiger partial charge in [-0.05, 0) is 55.7 Å². The van der Waals surface area contributed by atoms with Gasteiger partial charge in [-0.15, -0.1) is 0 Å². The zero-order valence-corrected chi connectivity index (χ0v) is 18.7. The molecule has 8 heteroatoms. The van der Waals surface area contributed by atoms with E-state index in [9.17, 15) is 13.2 Å². The van der Waals surface area contributed by atoms with Gasteiger partial charge in [-0.3, -0.25) is 4.79 Å². The first kappa shape index (κ1) is 22.6. The third kappa shape index (κ3) is 5.74. The Morgan fingerprint density at radius 3 is 2.37 bits per heavy atom. The molecule has 1 saturated heterocycles. The Bertz CT molecular complexity index is 928. The largest absolute Gasteiger partial charge is 0.375 e. The second-order valence-electron chi connectivity index (χ2n) is 7.53. The number of nitrogens with one attached hydrogen (secondary N) is 1. The molecule has 1 N–H and O–H groups in total. The highest BCUT2D eigenvalue weighted by Crippen LogP contribution is 2.25. The molecule has 3 rings (SSSR count). The first-order valence-electron chi connectivity index (χ1n) is 10.2. The Labute approximate surface area is 183 Å². The summed E-state index contributed by atoms with van der Waals surface area (Å²) in [7, 11) is -1.51. The molecule has 2 aromatic carbocycles. The highest BCUT2D eigenvalue weighted by molar-refractivity contribution is 7.89. The van der Waals surface area contributed by atoms with Gasteiger partial charge in [-0.2, -0.15) is 4.31 Å². The summed E-state index contributed by atoms with van der Waals surface area (Å²) in [5.41, 5.74) is 1.15. The van der Waals surface area contributed by atoms with Crippen LogP contribution in [0.3, 0.4) is 0 Å². The number of carbonyl (C=O) groups excluding carboxylic acids is 1. The number of amides is 1. The molecule has 1 aliphatic heterocycles. The van der Waals surface area contributed by atoms with Crippen molar-refractivity contribution in [3.05, 3.63) is 59.6 Å². The van der Waals surface area contributed by atoms with Crippen LogP contribution < -0.4 is 10.2 Å². The van der Waals surface area contributed by atoms with Crippen LogP contribution in [0.15, 0.2) is 59.5 Å². The van der Waals surface area contributed by atoms with Crippen molar-refractivity contribution >= 4 is 33.2 Å². The standard InChI is InChI=1S/C22H28ClN3O3S/c1-25(20-6-3-2-4-7-20)15-5-14-24-22(27)18-12-16-26(17-13-18)30(28,29)21-10-8-19(23)9-11-21/h2-4,6-11,18H,5,12-17H2,1H3,(H,24,27). The normalized spacial score (nSPS) is 15.7. The minimum absolute atomic E-state index is 0.0147. The van der Waals surface area contributed by atoms with Crippen molar-refractivity contribution < 1.29 is 13.2 Å².